The molecule has 0 aliphatic rings. The van der Waals surface area contributed by atoms with E-state index in [0.717, 1.165) is 5.69 Å². The van der Waals surface area contributed by atoms with Gasteiger partial charge in [-0.1, -0.05) is 6.07 Å². The highest BCUT2D eigenvalue weighted by molar-refractivity contribution is 5.11. The van der Waals surface area contributed by atoms with Gasteiger partial charge in [0.1, 0.15) is 0 Å². The Labute approximate surface area is 61.1 Å². The van der Waals surface area contributed by atoms with Gasteiger partial charge in [-0.05, 0) is 26.0 Å². The molecule has 0 saturated carbocycles. The maximum atomic E-state index is 5.77. The number of pyridine rings is 1. The maximum absolute atomic E-state index is 5.77. The van der Waals surface area contributed by atoms with Crippen LogP contribution in [0.5, 0.6) is 0 Å². The van der Waals surface area contributed by atoms with E-state index < -0.39 is 0 Å². The van der Waals surface area contributed by atoms with E-state index >= 15 is 0 Å². The fourth-order valence-corrected chi connectivity index (χ4v) is 0.685. The van der Waals surface area contributed by atoms with Gasteiger partial charge in [-0.15, -0.1) is 0 Å². The zero-order chi connectivity index (χ0) is 7.61. The maximum Gasteiger partial charge on any atom is 0.0890 e. The summed E-state index contributed by atoms with van der Waals surface area (Å²) in [6, 6.07) is 5.54. The van der Waals surface area contributed by atoms with Crippen LogP contribution < -0.4 is 5.73 Å². The third kappa shape index (κ3) is 1.54. The minimum absolute atomic E-state index is 0.349. The molecule has 0 aliphatic heterocycles. The van der Waals surface area contributed by atoms with Crippen molar-refractivity contribution < 1.29 is 0 Å². The smallest absolute Gasteiger partial charge is 0.0890 e. The summed E-state index contributed by atoms with van der Waals surface area (Å²) in [5.74, 6) is 0. The molecule has 1 radical (unpaired) electrons. The van der Waals surface area contributed by atoms with Crippen molar-refractivity contribution in [2.24, 2.45) is 5.73 Å². The van der Waals surface area contributed by atoms with Crippen LogP contribution in [0.15, 0.2) is 18.2 Å². The van der Waals surface area contributed by atoms with Gasteiger partial charge in [0.05, 0.1) is 17.4 Å². The lowest BCUT2D eigenvalue weighted by Crippen LogP contribution is -2.29. The highest BCUT2D eigenvalue weighted by atomic mass is 14.8. The summed E-state index contributed by atoms with van der Waals surface area (Å²) in [6.45, 7) is 3.84. The monoisotopic (exact) mass is 135 g/mol. The number of nitrogens with zero attached hydrogens (tertiary/aromatic N) is 1. The predicted molar refractivity (Wildman–Crippen MR) is 40.3 cm³/mol. The lowest BCUT2D eigenvalue weighted by Gasteiger charge is -2.16. The first-order chi connectivity index (χ1) is 4.61. The quantitative estimate of drug-likeness (QED) is 0.625. The Kier molecular flexibility index (Phi) is 1.72. The van der Waals surface area contributed by atoms with E-state index in [4.69, 9.17) is 5.73 Å². The number of hydrogen-bond donors (Lipinski definition) is 1. The molecule has 1 rings (SSSR count). The lowest BCUT2D eigenvalue weighted by molar-refractivity contribution is 0.535. The Balaban J connectivity index is 2.97. The van der Waals surface area contributed by atoms with Gasteiger partial charge in [0.2, 0.25) is 0 Å². The van der Waals surface area contributed by atoms with Gasteiger partial charge in [-0.2, -0.15) is 0 Å². The topological polar surface area (TPSA) is 38.9 Å². The Morgan fingerprint density at radius 3 is 2.60 bits per heavy atom. The molecule has 2 N–H and O–H groups in total. The summed E-state index contributed by atoms with van der Waals surface area (Å²) < 4.78 is 0. The largest absolute Gasteiger partial charge is 0.321 e. The fraction of sp³-hybridized carbons (Fsp3) is 0.375. The minimum Gasteiger partial charge on any atom is -0.321 e. The summed E-state index contributed by atoms with van der Waals surface area (Å²) >= 11 is 0. The standard InChI is InChI=1S/C8H11N2/c1-8(2,9)7-5-3-4-6-10-7/h3-5H,9H2,1-2H3. The van der Waals surface area contributed by atoms with Crippen molar-refractivity contribution in [3.05, 3.63) is 30.1 Å². The van der Waals surface area contributed by atoms with E-state index in [-0.39, 0.29) is 5.54 Å². The molecule has 1 aromatic rings. The van der Waals surface area contributed by atoms with Gasteiger partial charge in [0, 0.05) is 0 Å². The van der Waals surface area contributed by atoms with E-state index in [1.54, 1.807) is 6.07 Å². The molecule has 1 heterocycles. The molecular formula is C8H11N2. The summed E-state index contributed by atoms with van der Waals surface area (Å²) in [7, 11) is 0. The van der Waals surface area contributed by atoms with Crippen LogP contribution in [0.25, 0.3) is 0 Å². The third-order valence-electron chi connectivity index (χ3n) is 1.27. The number of aromatic nitrogens is 1. The van der Waals surface area contributed by atoms with Crippen LogP contribution in [0.4, 0.5) is 0 Å². The zero-order valence-corrected chi connectivity index (χ0v) is 6.26. The van der Waals surface area contributed by atoms with Crippen LogP contribution in [0, 0.1) is 6.20 Å². The summed E-state index contributed by atoms with van der Waals surface area (Å²) in [5, 5.41) is 0. The molecule has 0 saturated heterocycles. The molecule has 10 heavy (non-hydrogen) atoms. The van der Waals surface area contributed by atoms with E-state index in [1.165, 1.54) is 0 Å². The molecule has 0 aromatic carbocycles. The second-order valence-electron chi connectivity index (χ2n) is 2.87. The Morgan fingerprint density at radius 1 is 1.60 bits per heavy atom. The van der Waals surface area contributed by atoms with Crippen molar-refractivity contribution in [3.8, 4) is 0 Å². The molecular weight excluding hydrogens is 124 g/mol. The molecule has 53 valence electrons. The van der Waals surface area contributed by atoms with Crippen molar-refractivity contribution in [2.45, 2.75) is 19.4 Å². The highest BCUT2D eigenvalue weighted by Gasteiger charge is 2.13. The average molecular weight is 135 g/mol. The van der Waals surface area contributed by atoms with Crippen LogP contribution >= 0.6 is 0 Å². The van der Waals surface area contributed by atoms with Gasteiger partial charge in [-0.25, -0.2) is 4.98 Å². The molecule has 0 bridgehead atoms. The van der Waals surface area contributed by atoms with Crippen molar-refractivity contribution in [2.75, 3.05) is 0 Å². The third-order valence-corrected chi connectivity index (χ3v) is 1.27. The van der Waals surface area contributed by atoms with Gasteiger partial charge in [0.15, 0.2) is 0 Å². The highest BCUT2D eigenvalue weighted by Crippen LogP contribution is 2.11. The van der Waals surface area contributed by atoms with Crippen molar-refractivity contribution in [3.63, 3.8) is 0 Å². The van der Waals surface area contributed by atoms with E-state index in [2.05, 4.69) is 11.2 Å². The number of rotatable bonds is 1. The van der Waals surface area contributed by atoms with Crippen LogP contribution in [-0.2, 0) is 5.54 Å². The van der Waals surface area contributed by atoms with Crippen LogP contribution in [-0.4, -0.2) is 4.98 Å². The van der Waals surface area contributed by atoms with Gasteiger partial charge in [0.25, 0.3) is 0 Å². The molecule has 1 aromatic heterocycles. The van der Waals surface area contributed by atoms with Crippen molar-refractivity contribution in [1.29, 1.82) is 0 Å². The predicted octanol–water partition coefficient (Wildman–Crippen LogP) is 1.08. The Morgan fingerprint density at radius 2 is 2.30 bits per heavy atom. The Hall–Kier alpha value is -0.890. The second kappa shape index (κ2) is 2.39. The molecule has 0 spiro atoms. The minimum atomic E-state index is -0.349. The van der Waals surface area contributed by atoms with E-state index in [1.807, 2.05) is 26.0 Å². The van der Waals surface area contributed by atoms with E-state index in [9.17, 15) is 0 Å². The first-order valence-electron chi connectivity index (χ1n) is 3.23. The summed E-state index contributed by atoms with van der Waals surface area (Å²) in [6.07, 6.45) is 2.74. The van der Waals surface area contributed by atoms with E-state index in [0.29, 0.717) is 0 Å². The van der Waals surface area contributed by atoms with Crippen molar-refractivity contribution in [1.82, 2.24) is 4.98 Å². The van der Waals surface area contributed by atoms with Crippen LogP contribution in [0.3, 0.4) is 0 Å². The van der Waals surface area contributed by atoms with Gasteiger partial charge < -0.3 is 5.73 Å². The average Bonchev–Trinajstić information content (AvgIpc) is 1.88. The SMILES string of the molecule is CC(C)(N)c1ccc[c]n1. The van der Waals surface area contributed by atoms with Gasteiger partial charge >= 0.3 is 0 Å². The second-order valence-corrected chi connectivity index (χ2v) is 2.87. The molecule has 2 heteroatoms. The number of nitrogens with two attached hydrogens (primary N) is 1. The summed E-state index contributed by atoms with van der Waals surface area (Å²) in [4.78, 5) is 4.00. The lowest BCUT2D eigenvalue weighted by atomic mass is 10.0. The van der Waals surface area contributed by atoms with Crippen LogP contribution in [0.2, 0.25) is 0 Å². The van der Waals surface area contributed by atoms with Gasteiger partial charge in [-0.3, -0.25) is 0 Å². The molecule has 0 atom stereocenters. The molecule has 0 aliphatic carbocycles. The van der Waals surface area contributed by atoms with Crippen LogP contribution in [0.1, 0.15) is 19.5 Å². The molecule has 0 fully saturated rings. The fourth-order valence-electron chi connectivity index (χ4n) is 0.685. The Bertz CT molecular complexity index is 198. The summed E-state index contributed by atoms with van der Waals surface area (Å²) in [5.41, 5.74) is 6.30. The number of hydrogen-bond acceptors (Lipinski definition) is 2. The zero-order valence-electron chi connectivity index (χ0n) is 6.26. The first-order valence-corrected chi connectivity index (χ1v) is 3.23. The van der Waals surface area contributed by atoms with Crippen molar-refractivity contribution >= 4 is 0 Å². The molecule has 2 nitrogen and oxygen atoms in total. The first kappa shape index (κ1) is 7.22. The molecule has 0 unspecified atom stereocenters. The molecule has 0 amide bonds. The normalized spacial score (nSPS) is 11.5.